The molecule has 6 heteroatoms. The van der Waals surface area contributed by atoms with Gasteiger partial charge in [-0.2, -0.15) is 5.26 Å². The Bertz CT molecular complexity index is 732. The number of aromatic nitrogens is 2. The fourth-order valence-electron chi connectivity index (χ4n) is 1.88. The Morgan fingerprint density at radius 2 is 2.14 bits per heavy atom. The lowest BCUT2D eigenvalue weighted by atomic mass is 10.1. The lowest BCUT2D eigenvalue weighted by Crippen LogP contribution is -2.14. The minimum atomic E-state index is -0.595. The topological polar surface area (TPSA) is 78.7 Å². The maximum Gasteiger partial charge on any atom is 0.228 e. The van der Waals surface area contributed by atoms with E-state index in [1.807, 2.05) is 0 Å². The molecule has 21 heavy (non-hydrogen) atoms. The van der Waals surface area contributed by atoms with Crippen LogP contribution in [-0.4, -0.2) is 15.9 Å². The van der Waals surface area contributed by atoms with Crippen LogP contribution in [0.2, 0.25) is 0 Å². The summed E-state index contributed by atoms with van der Waals surface area (Å²) in [5.41, 5.74) is 0.988. The summed E-state index contributed by atoms with van der Waals surface area (Å²) in [7, 11) is 0. The van der Waals surface area contributed by atoms with Crippen molar-refractivity contribution in [2.75, 3.05) is 5.32 Å². The van der Waals surface area contributed by atoms with Gasteiger partial charge in [0.1, 0.15) is 11.9 Å². The fraction of sp³-hybridized carbons (Fsp3) is 0.200. The molecule has 1 amide bonds. The van der Waals surface area contributed by atoms with Crippen LogP contribution in [0.1, 0.15) is 18.4 Å². The van der Waals surface area contributed by atoms with Gasteiger partial charge in [0.2, 0.25) is 5.91 Å². The van der Waals surface area contributed by atoms with E-state index >= 15 is 0 Å². The highest BCUT2D eigenvalue weighted by molar-refractivity contribution is 5.93. The first-order valence-electron chi connectivity index (χ1n) is 6.50. The molecule has 1 heterocycles. The summed E-state index contributed by atoms with van der Waals surface area (Å²) < 4.78 is 13.6. The molecule has 1 aliphatic carbocycles. The van der Waals surface area contributed by atoms with Gasteiger partial charge in [-0.3, -0.25) is 9.78 Å². The van der Waals surface area contributed by atoms with Crippen molar-refractivity contribution < 1.29 is 9.18 Å². The summed E-state index contributed by atoms with van der Waals surface area (Å²) in [6, 6.07) is 6.01. The Morgan fingerprint density at radius 1 is 1.33 bits per heavy atom. The largest absolute Gasteiger partial charge is 0.309 e. The van der Waals surface area contributed by atoms with Crippen LogP contribution < -0.4 is 5.32 Å². The number of carbonyl (C=O) groups is 1. The van der Waals surface area contributed by atoms with Crippen LogP contribution >= 0.6 is 0 Å². The van der Waals surface area contributed by atoms with Crippen LogP contribution in [0.25, 0.3) is 11.3 Å². The Kier molecular flexibility index (Phi) is 3.32. The van der Waals surface area contributed by atoms with Crippen molar-refractivity contribution >= 4 is 11.7 Å². The third-order valence-corrected chi connectivity index (χ3v) is 3.24. The molecule has 1 aromatic heterocycles. The highest BCUT2D eigenvalue weighted by Crippen LogP contribution is 2.30. The minimum absolute atomic E-state index is 0.0139. The van der Waals surface area contributed by atoms with E-state index in [1.54, 1.807) is 12.1 Å². The third kappa shape index (κ3) is 2.87. The first-order valence-corrected chi connectivity index (χ1v) is 6.50. The molecule has 2 aromatic rings. The van der Waals surface area contributed by atoms with Gasteiger partial charge in [-0.1, -0.05) is 6.07 Å². The summed E-state index contributed by atoms with van der Waals surface area (Å²) in [6.07, 6.45) is 4.73. The Hall–Kier alpha value is -2.81. The number of anilines is 1. The molecule has 0 aliphatic heterocycles. The number of hydrogen-bond donors (Lipinski definition) is 1. The minimum Gasteiger partial charge on any atom is -0.309 e. The SMILES string of the molecule is N#Cc1ccc(-c2cnc(NC(=O)C3CC3)cn2)cc1F. The highest BCUT2D eigenvalue weighted by Gasteiger charge is 2.29. The van der Waals surface area contributed by atoms with Crippen molar-refractivity contribution in [3.05, 3.63) is 42.0 Å². The van der Waals surface area contributed by atoms with E-state index in [0.29, 0.717) is 17.1 Å². The fourth-order valence-corrected chi connectivity index (χ4v) is 1.88. The maximum atomic E-state index is 13.6. The first-order chi connectivity index (χ1) is 10.2. The monoisotopic (exact) mass is 282 g/mol. The molecule has 1 saturated carbocycles. The van der Waals surface area contributed by atoms with E-state index in [0.717, 1.165) is 12.8 Å². The summed E-state index contributed by atoms with van der Waals surface area (Å²) in [4.78, 5) is 19.8. The number of carbonyl (C=O) groups excluding carboxylic acids is 1. The summed E-state index contributed by atoms with van der Waals surface area (Å²) in [5, 5.41) is 11.4. The van der Waals surface area contributed by atoms with E-state index < -0.39 is 5.82 Å². The molecule has 3 rings (SSSR count). The van der Waals surface area contributed by atoms with Crippen molar-refractivity contribution in [3.8, 4) is 17.3 Å². The molecule has 0 unspecified atom stereocenters. The van der Waals surface area contributed by atoms with E-state index in [4.69, 9.17) is 5.26 Å². The lowest BCUT2D eigenvalue weighted by Gasteiger charge is -2.05. The Balaban J connectivity index is 1.78. The standard InChI is InChI=1S/C15H11FN4O/c16-12-5-10(3-4-11(12)6-17)13-7-19-14(8-18-13)20-15(21)9-1-2-9/h3-5,7-9H,1-2H2,(H,19,20,21). The van der Waals surface area contributed by atoms with Gasteiger partial charge in [-0.25, -0.2) is 9.37 Å². The second-order valence-electron chi connectivity index (χ2n) is 4.86. The number of nitrogens with zero attached hydrogens (tertiary/aromatic N) is 3. The van der Waals surface area contributed by atoms with Gasteiger partial charge < -0.3 is 5.32 Å². The third-order valence-electron chi connectivity index (χ3n) is 3.24. The van der Waals surface area contributed by atoms with Gasteiger partial charge in [0.15, 0.2) is 5.82 Å². The normalized spacial score (nSPS) is 13.5. The molecule has 0 radical (unpaired) electrons. The molecule has 0 spiro atoms. The van der Waals surface area contributed by atoms with Crippen molar-refractivity contribution in [3.63, 3.8) is 0 Å². The molecular formula is C15H11FN4O. The predicted molar refractivity (Wildman–Crippen MR) is 73.5 cm³/mol. The molecule has 0 atom stereocenters. The quantitative estimate of drug-likeness (QED) is 0.938. The predicted octanol–water partition coefficient (Wildman–Crippen LogP) is 2.50. The van der Waals surface area contributed by atoms with Gasteiger partial charge >= 0.3 is 0 Å². The van der Waals surface area contributed by atoms with Crippen LogP contribution in [-0.2, 0) is 4.79 Å². The molecule has 104 valence electrons. The van der Waals surface area contributed by atoms with Crippen molar-refractivity contribution in [2.24, 2.45) is 5.92 Å². The Morgan fingerprint density at radius 3 is 2.71 bits per heavy atom. The molecule has 1 N–H and O–H groups in total. The van der Waals surface area contributed by atoms with Gasteiger partial charge in [0, 0.05) is 11.5 Å². The molecule has 5 nitrogen and oxygen atoms in total. The number of nitriles is 1. The number of halogens is 1. The van der Waals surface area contributed by atoms with E-state index in [-0.39, 0.29) is 17.4 Å². The summed E-state index contributed by atoms with van der Waals surface area (Å²) in [5.74, 6) is -0.159. The average Bonchev–Trinajstić information content (AvgIpc) is 3.32. The molecule has 0 bridgehead atoms. The molecule has 1 fully saturated rings. The highest BCUT2D eigenvalue weighted by atomic mass is 19.1. The second-order valence-corrected chi connectivity index (χ2v) is 4.86. The van der Waals surface area contributed by atoms with Crippen LogP contribution in [0.4, 0.5) is 10.2 Å². The smallest absolute Gasteiger partial charge is 0.228 e. The zero-order valence-electron chi connectivity index (χ0n) is 11.0. The number of hydrogen-bond acceptors (Lipinski definition) is 4. The molecular weight excluding hydrogens is 271 g/mol. The number of nitrogens with one attached hydrogen (secondary N) is 1. The Labute approximate surface area is 120 Å². The molecule has 0 saturated heterocycles. The van der Waals surface area contributed by atoms with Crippen LogP contribution in [0.15, 0.2) is 30.6 Å². The van der Waals surface area contributed by atoms with E-state index in [1.165, 1.54) is 24.5 Å². The van der Waals surface area contributed by atoms with Crippen molar-refractivity contribution in [1.82, 2.24) is 9.97 Å². The number of rotatable bonds is 3. The summed E-state index contributed by atoms with van der Waals surface area (Å²) >= 11 is 0. The molecule has 1 aromatic carbocycles. The molecule has 1 aliphatic rings. The number of benzene rings is 1. The summed E-state index contributed by atoms with van der Waals surface area (Å²) in [6.45, 7) is 0. The van der Waals surface area contributed by atoms with Gasteiger partial charge in [0.05, 0.1) is 23.7 Å². The van der Waals surface area contributed by atoms with Crippen molar-refractivity contribution in [1.29, 1.82) is 5.26 Å². The first kappa shape index (κ1) is 13.2. The zero-order chi connectivity index (χ0) is 14.8. The van der Waals surface area contributed by atoms with Crippen LogP contribution in [0, 0.1) is 23.1 Å². The lowest BCUT2D eigenvalue weighted by molar-refractivity contribution is -0.117. The van der Waals surface area contributed by atoms with Gasteiger partial charge in [0.25, 0.3) is 0 Å². The van der Waals surface area contributed by atoms with E-state index in [2.05, 4.69) is 15.3 Å². The van der Waals surface area contributed by atoms with Crippen LogP contribution in [0.3, 0.4) is 0 Å². The average molecular weight is 282 g/mol. The van der Waals surface area contributed by atoms with E-state index in [9.17, 15) is 9.18 Å². The maximum absolute atomic E-state index is 13.6. The number of amides is 1. The van der Waals surface area contributed by atoms with Gasteiger partial charge in [-0.15, -0.1) is 0 Å². The van der Waals surface area contributed by atoms with Crippen molar-refractivity contribution in [2.45, 2.75) is 12.8 Å². The second kappa shape index (κ2) is 5.29. The van der Waals surface area contributed by atoms with Gasteiger partial charge in [-0.05, 0) is 25.0 Å². The van der Waals surface area contributed by atoms with Crippen LogP contribution in [0.5, 0.6) is 0 Å². The zero-order valence-corrected chi connectivity index (χ0v) is 11.0.